The molecule has 0 bridgehead atoms. The highest BCUT2D eigenvalue weighted by atomic mass is 79.9. The van der Waals surface area contributed by atoms with E-state index in [-0.39, 0.29) is 12.5 Å². The number of benzene rings is 2. The maximum absolute atomic E-state index is 13.6. The van der Waals surface area contributed by atoms with Crippen molar-refractivity contribution in [3.63, 3.8) is 0 Å². The van der Waals surface area contributed by atoms with Crippen molar-refractivity contribution in [2.75, 3.05) is 23.7 Å². The minimum absolute atomic E-state index is 0.206. The number of nitrogens with zero attached hydrogens (tertiary/aromatic N) is 2. The normalized spacial score (nSPS) is 12.2. The Labute approximate surface area is 205 Å². The SMILES string of the molecule is CCNC(=O)[C@@H](CC)N(Cc1ccccc1C)C(=O)CN(c1ccc(Br)c(C)c1)S(C)(=O)=O. The summed E-state index contributed by atoms with van der Waals surface area (Å²) < 4.78 is 27.2. The molecule has 1 atom stereocenters. The van der Waals surface area contributed by atoms with Crippen LogP contribution < -0.4 is 9.62 Å². The summed E-state index contributed by atoms with van der Waals surface area (Å²) in [5.74, 6) is -0.699. The predicted molar refractivity (Wildman–Crippen MR) is 136 cm³/mol. The summed E-state index contributed by atoms with van der Waals surface area (Å²) in [6.45, 7) is 7.69. The van der Waals surface area contributed by atoms with Crippen molar-refractivity contribution in [3.8, 4) is 0 Å². The fourth-order valence-electron chi connectivity index (χ4n) is 3.58. The number of aryl methyl sites for hydroxylation is 2. The number of nitrogens with one attached hydrogen (secondary N) is 1. The van der Waals surface area contributed by atoms with Gasteiger partial charge in [-0.05, 0) is 62.1 Å². The van der Waals surface area contributed by atoms with Crippen LogP contribution in [0.3, 0.4) is 0 Å². The monoisotopic (exact) mass is 537 g/mol. The molecule has 7 nitrogen and oxygen atoms in total. The van der Waals surface area contributed by atoms with Gasteiger partial charge in [0.05, 0.1) is 11.9 Å². The molecule has 33 heavy (non-hydrogen) atoms. The average Bonchev–Trinajstić information content (AvgIpc) is 2.74. The Hall–Kier alpha value is -2.39. The van der Waals surface area contributed by atoms with Gasteiger partial charge in [0.1, 0.15) is 12.6 Å². The van der Waals surface area contributed by atoms with Crippen LogP contribution in [0.25, 0.3) is 0 Å². The van der Waals surface area contributed by atoms with E-state index in [9.17, 15) is 18.0 Å². The zero-order valence-corrected chi connectivity index (χ0v) is 22.2. The molecule has 0 saturated carbocycles. The highest BCUT2D eigenvalue weighted by Crippen LogP contribution is 2.25. The third-order valence-corrected chi connectivity index (χ3v) is 7.48. The lowest BCUT2D eigenvalue weighted by Crippen LogP contribution is -2.52. The molecule has 1 N–H and O–H groups in total. The van der Waals surface area contributed by atoms with Gasteiger partial charge in [-0.15, -0.1) is 0 Å². The van der Waals surface area contributed by atoms with Crippen molar-refractivity contribution in [2.45, 2.75) is 46.7 Å². The van der Waals surface area contributed by atoms with Crippen molar-refractivity contribution in [1.82, 2.24) is 10.2 Å². The van der Waals surface area contributed by atoms with Gasteiger partial charge in [0.2, 0.25) is 21.8 Å². The lowest BCUT2D eigenvalue weighted by molar-refractivity contribution is -0.140. The van der Waals surface area contributed by atoms with E-state index >= 15 is 0 Å². The minimum Gasteiger partial charge on any atom is -0.355 e. The number of amides is 2. The first kappa shape index (κ1) is 26.9. The molecule has 0 aliphatic carbocycles. The fraction of sp³-hybridized carbons (Fsp3) is 0.417. The van der Waals surface area contributed by atoms with Gasteiger partial charge in [-0.2, -0.15) is 0 Å². The highest BCUT2D eigenvalue weighted by molar-refractivity contribution is 9.10. The maximum atomic E-state index is 13.6. The van der Waals surface area contributed by atoms with Crippen LogP contribution >= 0.6 is 15.9 Å². The molecule has 0 saturated heterocycles. The Morgan fingerprint density at radius 3 is 2.27 bits per heavy atom. The molecule has 0 aromatic heterocycles. The van der Waals surface area contributed by atoms with E-state index in [1.807, 2.05) is 52.0 Å². The number of anilines is 1. The molecule has 0 unspecified atom stereocenters. The second-order valence-corrected chi connectivity index (χ2v) is 10.7. The Bertz CT molecular complexity index is 1100. The lowest BCUT2D eigenvalue weighted by atomic mass is 10.1. The standard InChI is InChI=1S/C24H32BrN3O4S/c1-6-22(24(30)26-7-2)27(15-19-11-9-8-10-17(19)3)23(29)16-28(33(5,31)32)20-12-13-21(25)18(4)14-20/h8-14,22H,6-7,15-16H2,1-5H3,(H,26,30)/t22-/m1/s1. The second-order valence-electron chi connectivity index (χ2n) is 7.97. The lowest BCUT2D eigenvalue weighted by Gasteiger charge is -2.33. The Balaban J connectivity index is 2.47. The van der Waals surface area contributed by atoms with Crippen LogP contribution in [-0.2, 0) is 26.2 Å². The number of halogens is 1. The van der Waals surface area contributed by atoms with Gasteiger partial charge < -0.3 is 10.2 Å². The number of carbonyl (C=O) groups is 2. The molecule has 0 aliphatic heterocycles. The fourth-order valence-corrected chi connectivity index (χ4v) is 4.67. The van der Waals surface area contributed by atoms with Gasteiger partial charge >= 0.3 is 0 Å². The molecule has 0 spiro atoms. The van der Waals surface area contributed by atoms with E-state index in [2.05, 4.69) is 21.2 Å². The zero-order valence-electron chi connectivity index (χ0n) is 19.8. The Morgan fingerprint density at radius 2 is 1.73 bits per heavy atom. The smallest absolute Gasteiger partial charge is 0.244 e. The van der Waals surface area contributed by atoms with E-state index in [0.717, 1.165) is 31.7 Å². The molecular formula is C24H32BrN3O4S. The number of carbonyl (C=O) groups excluding carboxylic acids is 2. The van der Waals surface area contributed by atoms with Crippen LogP contribution in [0.1, 0.15) is 37.0 Å². The third kappa shape index (κ3) is 7.04. The number of rotatable bonds is 10. The van der Waals surface area contributed by atoms with Gasteiger partial charge in [0.15, 0.2) is 0 Å². The summed E-state index contributed by atoms with van der Waals surface area (Å²) in [6, 6.07) is 12.0. The van der Waals surface area contributed by atoms with E-state index in [4.69, 9.17) is 0 Å². The summed E-state index contributed by atoms with van der Waals surface area (Å²) >= 11 is 3.42. The summed E-state index contributed by atoms with van der Waals surface area (Å²) in [5.41, 5.74) is 3.14. The first-order valence-corrected chi connectivity index (χ1v) is 13.5. The van der Waals surface area contributed by atoms with Crippen LogP contribution in [0.4, 0.5) is 5.69 Å². The Kier molecular flexibility index (Phi) is 9.48. The van der Waals surface area contributed by atoms with Crippen molar-refractivity contribution in [3.05, 3.63) is 63.6 Å². The van der Waals surface area contributed by atoms with Crippen molar-refractivity contribution >= 4 is 43.5 Å². The molecule has 2 aromatic rings. The van der Waals surface area contributed by atoms with E-state index in [0.29, 0.717) is 18.7 Å². The quantitative estimate of drug-likeness (QED) is 0.499. The average molecular weight is 539 g/mol. The van der Waals surface area contributed by atoms with Crippen LogP contribution in [0.15, 0.2) is 46.9 Å². The van der Waals surface area contributed by atoms with Crippen LogP contribution in [0.5, 0.6) is 0 Å². The van der Waals surface area contributed by atoms with Gasteiger partial charge in [-0.1, -0.05) is 47.1 Å². The second kappa shape index (κ2) is 11.7. The summed E-state index contributed by atoms with van der Waals surface area (Å²) in [5, 5.41) is 2.79. The molecule has 180 valence electrons. The topological polar surface area (TPSA) is 86.8 Å². The van der Waals surface area contributed by atoms with Crippen molar-refractivity contribution in [1.29, 1.82) is 0 Å². The minimum atomic E-state index is -3.75. The number of hydrogen-bond acceptors (Lipinski definition) is 4. The molecule has 2 rings (SSSR count). The van der Waals surface area contributed by atoms with Gasteiger partial charge in [-0.25, -0.2) is 8.42 Å². The first-order valence-electron chi connectivity index (χ1n) is 10.8. The zero-order chi connectivity index (χ0) is 24.8. The predicted octanol–water partition coefficient (Wildman–Crippen LogP) is 3.78. The maximum Gasteiger partial charge on any atom is 0.244 e. The largest absolute Gasteiger partial charge is 0.355 e. The van der Waals surface area contributed by atoms with Gasteiger partial charge in [-0.3, -0.25) is 13.9 Å². The third-order valence-electron chi connectivity index (χ3n) is 5.45. The molecule has 0 fully saturated rings. The van der Waals surface area contributed by atoms with Crippen molar-refractivity contribution in [2.24, 2.45) is 0 Å². The van der Waals surface area contributed by atoms with Crippen LogP contribution in [0.2, 0.25) is 0 Å². The molecule has 0 radical (unpaired) electrons. The number of likely N-dealkylation sites (N-methyl/N-ethyl adjacent to an activating group) is 1. The van der Waals surface area contributed by atoms with E-state index in [1.54, 1.807) is 18.2 Å². The molecule has 9 heteroatoms. The number of sulfonamides is 1. The summed E-state index contributed by atoms with van der Waals surface area (Å²) in [7, 11) is -3.75. The van der Waals surface area contributed by atoms with E-state index in [1.165, 1.54) is 4.90 Å². The summed E-state index contributed by atoms with van der Waals surface area (Å²) in [6.07, 6.45) is 1.48. The van der Waals surface area contributed by atoms with Gasteiger partial charge in [0, 0.05) is 17.6 Å². The van der Waals surface area contributed by atoms with Crippen LogP contribution in [0, 0.1) is 13.8 Å². The van der Waals surface area contributed by atoms with Gasteiger partial charge in [0.25, 0.3) is 0 Å². The highest BCUT2D eigenvalue weighted by Gasteiger charge is 2.31. The summed E-state index contributed by atoms with van der Waals surface area (Å²) in [4.78, 5) is 27.9. The molecule has 0 heterocycles. The molecular weight excluding hydrogens is 506 g/mol. The molecule has 2 aromatic carbocycles. The first-order chi connectivity index (χ1) is 15.5. The molecule has 2 amide bonds. The van der Waals surface area contributed by atoms with E-state index < -0.39 is 28.5 Å². The molecule has 0 aliphatic rings. The van der Waals surface area contributed by atoms with Crippen molar-refractivity contribution < 1.29 is 18.0 Å². The van der Waals surface area contributed by atoms with Crippen LogP contribution in [-0.4, -0.2) is 50.5 Å². The number of hydrogen-bond donors (Lipinski definition) is 1. The Morgan fingerprint density at radius 1 is 1.06 bits per heavy atom.